The maximum atomic E-state index is 4.99. The molecule has 4 nitrogen and oxygen atoms in total. The summed E-state index contributed by atoms with van der Waals surface area (Å²) in [5.41, 5.74) is 6.36. The quantitative estimate of drug-likeness (QED) is 0.513. The molecule has 0 aliphatic heterocycles. The minimum atomic E-state index is 0.508. The fourth-order valence-electron chi connectivity index (χ4n) is 2.24. The van der Waals surface area contributed by atoms with E-state index in [1.165, 1.54) is 16.6 Å². The first kappa shape index (κ1) is 13.5. The Hall–Kier alpha value is -1.88. The number of benzene rings is 1. The number of rotatable bonds is 3. The summed E-state index contributed by atoms with van der Waals surface area (Å²) in [5, 5.41) is 8.72. The van der Waals surface area contributed by atoms with E-state index in [2.05, 4.69) is 52.5 Å². The smallest absolute Gasteiger partial charge is 0.186 e. The second-order valence-electron chi connectivity index (χ2n) is 4.21. The van der Waals surface area contributed by atoms with Crippen LogP contribution in [-0.2, 0) is 6.54 Å². The van der Waals surface area contributed by atoms with Gasteiger partial charge in [0.25, 0.3) is 0 Å². The number of hydrogen-bond donors (Lipinski definition) is 2. The highest BCUT2D eigenvalue weighted by Gasteiger charge is 2.10. The van der Waals surface area contributed by atoms with Crippen LogP contribution in [0.2, 0.25) is 0 Å². The molecule has 1 aromatic carbocycles. The van der Waals surface area contributed by atoms with Crippen molar-refractivity contribution in [3.05, 3.63) is 35.5 Å². The first-order valence-corrected chi connectivity index (χ1v) is 6.68. The number of thiocarbonyl (C=S) groups is 1. The molecule has 0 amide bonds. The van der Waals surface area contributed by atoms with Crippen LogP contribution in [0.3, 0.4) is 0 Å². The molecule has 0 aliphatic carbocycles. The Morgan fingerprint density at radius 3 is 2.84 bits per heavy atom. The van der Waals surface area contributed by atoms with E-state index in [1.807, 2.05) is 12.3 Å². The molecule has 0 bridgehead atoms. The summed E-state index contributed by atoms with van der Waals surface area (Å²) in [5.74, 6) is 0. The summed E-state index contributed by atoms with van der Waals surface area (Å²) in [7, 11) is 1.76. The number of para-hydroxylation sites is 1. The lowest BCUT2D eigenvalue weighted by Gasteiger charge is -2.03. The molecular formula is C14H18N4S. The lowest BCUT2D eigenvalue weighted by molar-refractivity contribution is 0.769. The zero-order valence-corrected chi connectivity index (χ0v) is 12.2. The maximum Gasteiger partial charge on any atom is 0.186 e. The van der Waals surface area contributed by atoms with Gasteiger partial charge in [0.15, 0.2) is 5.11 Å². The van der Waals surface area contributed by atoms with Crippen LogP contribution in [0.15, 0.2) is 29.4 Å². The second-order valence-corrected chi connectivity index (χ2v) is 4.62. The Kier molecular flexibility index (Phi) is 4.16. The molecule has 2 rings (SSSR count). The molecular weight excluding hydrogens is 256 g/mol. The van der Waals surface area contributed by atoms with Crippen LogP contribution >= 0.6 is 12.2 Å². The summed E-state index contributed by atoms with van der Waals surface area (Å²) in [6.07, 6.45) is 1.83. The SMILES string of the molecule is CCn1c(C)c(/C=N/NC(=S)NC)c2ccccc21. The van der Waals surface area contributed by atoms with Crippen molar-refractivity contribution in [3.63, 3.8) is 0 Å². The molecule has 1 heterocycles. The number of fused-ring (bicyclic) bond motifs is 1. The van der Waals surface area contributed by atoms with Gasteiger partial charge in [0.05, 0.1) is 6.21 Å². The molecule has 100 valence electrons. The van der Waals surface area contributed by atoms with E-state index < -0.39 is 0 Å². The zero-order chi connectivity index (χ0) is 13.8. The molecule has 2 aromatic rings. The maximum absolute atomic E-state index is 4.99. The number of aryl methyl sites for hydroxylation is 1. The van der Waals surface area contributed by atoms with E-state index >= 15 is 0 Å². The average Bonchev–Trinajstić information content (AvgIpc) is 2.71. The van der Waals surface area contributed by atoms with E-state index in [4.69, 9.17) is 12.2 Å². The average molecular weight is 274 g/mol. The molecule has 0 fully saturated rings. The van der Waals surface area contributed by atoms with Gasteiger partial charge in [-0.05, 0) is 32.1 Å². The van der Waals surface area contributed by atoms with Crippen molar-refractivity contribution in [1.82, 2.24) is 15.3 Å². The van der Waals surface area contributed by atoms with E-state index in [1.54, 1.807) is 7.05 Å². The summed E-state index contributed by atoms with van der Waals surface area (Å²) in [4.78, 5) is 0. The highest BCUT2D eigenvalue weighted by molar-refractivity contribution is 7.80. The highest BCUT2D eigenvalue weighted by atomic mass is 32.1. The zero-order valence-electron chi connectivity index (χ0n) is 11.4. The van der Waals surface area contributed by atoms with Crippen molar-refractivity contribution >= 4 is 34.4 Å². The number of aromatic nitrogens is 1. The number of nitrogens with one attached hydrogen (secondary N) is 2. The molecule has 0 saturated carbocycles. The van der Waals surface area contributed by atoms with Crippen molar-refractivity contribution in [1.29, 1.82) is 0 Å². The molecule has 0 atom stereocenters. The van der Waals surface area contributed by atoms with Gasteiger partial charge in [-0.1, -0.05) is 18.2 Å². The summed E-state index contributed by atoms with van der Waals surface area (Å²) in [6, 6.07) is 8.36. The van der Waals surface area contributed by atoms with E-state index in [0.717, 1.165) is 12.1 Å². The Labute approximate surface area is 118 Å². The highest BCUT2D eigenvalue weighted by Crippen LogP contribution is 2.24. The van der Waals surface area contributed by atoms with Crippen LogP contribution in [0.4, 0.5) is 0 Å². The van der Waals surface area contributed by atoms with Crippen LogP contribution in [-0.4, -0.2) is 22.9 Å². The number of hydrogen-bond acceptors (Lipinski definition) is 2. The Morgan fingerprint density at radius 2 is 2.16 bits per heavy atom. The van der Waals surface area contributed by atoms with Crippen LogP contribution in [0, 0.1) is 6.92 Å². The van der Waals surface area contributed by atoms with Gasteiger partial charge in [-0.15, -0.1) is 0 Å². The fourth-order valence-corrected chi connectivity index (χ4v) is 2.29. The lowest BCUT2D eigenvalue weighted by Crippen LogP contribution is -2.28. The van der Waals surface area contributed by atoms with Crippen molar-refractivity contribution in [2.75, 3.05) is 7.05 Å². The van der Waals surface area contributed by atoms with Gasteiger partial charge in [-0.3, -0.25) is 5.43 Å². The second kappa shape index (κ2) is 5.84. The van der Waals surface area contributed by atoms with Gasteiger partial charge < -0.3 is 9.88 Å². The monoisotopic (exact) mass is 274 g/mol. The largest absolute Gasteiger partial charge is 0.364 e. The van der Waals surface area contributed by atoms with Gasteiger partial charge in [-0.2, -0.15) is 5.10 Å². The van der Waals surface area contributed by atoms with Crippen LogP contribution in [0.5, 0.6) is 0 Å². The number of hydrazone groups is 1. The Morgan fingerprint density at radius 1 is 1.42 bits per heavy atom. The first-order valence-electron chi connectivity index (χ1n) is 6.27. The summed E-state index contributed by atoms with van der Waals surface area (Å²) in [6.45, 7) is 5.21. The van der Waals surface area contributed by atoms with Gasteiger partial charge in [0, 0.05) is 35.8 Å². The van der Waals surface area contributed by atoms with Crippen LogP contribution in [0.25, 0.3) is 10.9 Å². The molecule has 5 heteroatoms. The van der Waals surface area contributed by atoms with Gasteiger partial charge in [0.2, 0.25) is 0 Å². The normalized spacial score (nSPS) is 11.1. The molecule has 19 heavy (non-hydrogen) atoms. The molecule has 0 radical (unpaired) electrons. The summed E-state index contributed by atoms with van der Waals surface area (Å²) < 4.78 is 2.28. The van der Waals surface area contributed by atoms with Gasteiger partial charge in [-0.25, -0.2) is 0 Å². The fraction of sp³-hybridized carbons (Fsp3) is 0.286. The molecule has 0 saturated heterocycles. The first-order chi connectivity index (χ1) is 9.19. The topological polar surface area (TPSA) is 41.4 Å². The summed E-state index contributed by atoms with van der Waals surface area (Å²) >= 11 is 4.99. The lowest BCUT2D eigenvalue weighted by atomic mass is 10.1. The van der Waals surface area contributed by atoms with E-state index in [0.29, 0.717) is 5.11 Å². The third kappa shape index (κ3) is 2.61. The molecule has 2 N–H and O–H groups in total. The standard InChI is InChI=1S/C14H18N4S/c1-4-18-10(2)12(9-16-17-14(19)15-3)11-7-5-6-8-13(11)18/h5-9H,4H2,1-3H3,(H2,15,17,19)/b16-9+. The molecule has 0 spiro atoms. The Bertz CT molecular complexity index is 628. The van der Waals surface area contributed by atoms with Crippen molar-refractivity contribution in [2.45, 2.75) is 20.4 Å². The van der Waals surface area contributed by atoms with Gasteiger partial charge in [0.1, 0.15) is 0 Å². The van der Waals surface area contributed by atoms with Crippen LogP contribution < -0.4 is 10.7 Å². The third-order valence-corrected chi connectivity index (χ3v) is 3.48. The number of nitrogens with zero attached hydrogens (tertiary/aromatic N) is 2. The third-order valence-electron chi connectivity index (χ3n) is 3.18. The minimum absolute atomic E-state index is 0.508. The van der Waals surface area contributed by atoms with Crippen LogP contribution in [0.1, 0.15) is 18.2 Å². The minimum Gasteiger partial charge on any atom is -0.364 e. The van der Waals surface area contributed by atoms with E-state index in [-0.39, 0.29) is 0 Å². The van der Waals surface area contributed by atoms with Gasteiger partial charge >= 0.3 is 0 Å². The predicted octanol–water partition coefficient (Wildman–Crippen LogP) is 2.40. The van der Waals surface area contributed by atoms with E-state index in [9.17, 15) is 0 Å². The molecule has 0 aliphatic rings. The van der Waals surface area contributed by atoms with Crippen molar-refractivity contribution < 1.29 is 0 Å². The molecule has 0 unspecified atom stereocenters. The molecule has 1 aromatic heterocycles. The van der Waals surface area contributed by atoms with Crippen molar-refractivity contribution in [2.24, 2.45) is 5.10 Å². The predicted molar refractivity (Wildman–Crippen MR) is 84.7 cm³/mol. The Balaban J connectivity index is 2.43. The van der Waals surface area contributed by atoms with Crippen molar-refractivity contribution in [3.8, 4) is 0 Å².